The molecule has 4 heteroatoms. The van der Waals surface area contributed by atoms with E-state index in [9.17, 15) is 0 Å². The number of nitrogens with zero attached hydrogens (tertiary/aromatic N) is 2. The van der Waals surface area contributed by atoms with Crippen LogP contribution in [-0.4, -0.2) is 28.6 Å². The third kappa shape index (κ3) is 1.86. The molecule has 2 aliphatic rings. The molecule has 0 amide bonds. The number of pyridine rings is 1. The van der Waals surface area contributed by atoms with E-state index < -0.39 is 0 Å². The molecule has 86 valence electrons. The number of anilines is 2. The fraction of sp³-hybridized carbons (Fsp3) is 0.583. The van der Waals surface area contributed by atoms with Crippen molar-refractivity contribution < 1.29 is 0 Å². The van der Waals surface area contributed by atoms with Crippen LogP contribution in [-0.2, 0) is 0 Å². The van der Waals surface area contributed by atoms with Gasteiger partial charge in [0, 0.05) is 24.0 Å². The Bertz CT molecular complexity index is 372. The second-order valence-electron chi connectivity index (χ2n) is 4.57. The molecule has 2 fully saturated rings. The molecule has 0 aromatic carbocycles. The van der Waals surface area contributed by atoms with E-state index in [-0.39, 0.29) is 0 Å². The van der Waals surface area contributed by atoms with Crippen LogP contribution in [0.15, 0.2) is 18.3 Å². The van der Waals surface area contributed by atoms with Gasteiger partial charge in [-0.25, -0.2) is 4.98 Å². The fourth-order valence-corrected chi connectivity index (χ4v) is 3.57. The third-order valence-electron chi connectivity index (χ3n) is 3.30. The molecule has 1 aliphatic heterocycles. The van der Waals surface area contributed by atoms with Crippen LogP contribution in [0.25, 0.3) is 0 Å². The van der Waals surface area contributed by atoms with Crippen LogP contribution in [0.5, 0.6) is 0 Å². The van der Waals surface area contributed by atoms with Crippen molar-refractivity contribution in [3.05, 3.63) is 18.3 Å². The lowest BCUT2D eigenvalue weighted by atomic mass is 10.2. The highest BCUT2D eigenvalue weighted by Crippen LogP contribution is 2.38. The summed E-state index contributed by atoms with van der Waals surface area (Å²) in [5, 5.41) is 0. The van der Waals surface area contributed by atoms with Gasteiger partial charge >= 0.3 is 0 Å². The quantitative estimate of drug-likeness (QED) is 0.871. The Kier molecular flexibility index (Phi) is 2.67. The number of hydrogen-bond acceptors (Lipinski definition) is 4. The molecule has 0 radical (unpaired) electrons. The smallest absolute Gasteiger partial charge is 0.152 e. The average Bonchev–Trinajstić information content (AvgIpc) is 2.97. The minimum atomic E-state index is 0.648. The van der Waals surface area contributed by atoms with Gasteiger partial charge in [-0.15, -0.1) is 0 Å². The lowest BCUT2D eigenvalue weighted by molar-refractivity contribution is 0.633. The number of thioether (sulfide) groups is 1. The van der Waals surface area contributed by atoms with Crippen LogP contribution in [0.3, 0.4) is 0 Å². The Hall–Kier alpha value is -0.900. The maximum Gasteiger partial charge on any atom is 0.152 e. The van der Waals surface area contributed by atoms with Gasteiger partial charge < -0.3 is 10.6 Å². The van der Waals surface area contributed by atoms with E-state index in [1.54, 1.807) is 0 Å². The fourth-order valence-electron chi connectivity index (χ4n) is 2.36. The molecule has 2 N–H and O–H groups in total. The summed E-state index contributed by atoms with van der Waals surface area (Å²) in [6.07, 6.45) is 5.73. The monoisotopic (exact) mass is 235 g/mol. The van der Waals surface area contributed by atoms with Crippen molar-refractivity contribution >= 4 is 23.3 Å². The molecular weight excluding hydrogens is 218 g/mol. The Balaban J connectivity index is 1.90. The molecule has 3 nitrogen and oxygen atoms in total. The van der Waals surface area contributed by atoms with Gasteiger partial charge in [-0.1, -0.05) is 0 Å². The van der Waals surface area contributed by atoms with Gasteiger partial charge in [0.25, 0.3) is 0 Å². The van der Waals surface area contributed by atoms with Crippen LogP contribution < -0.4 is 10.6 Å². The summed E-state index contributed by atoms with van der Waals surface area (Å²) in [7, 11) is 0. The largest absolute Gasteiger partial charge is 0.396 e. The van der Waals surface area contributed by atoms with E-state index >= 15 is 0 Å². The lowest BCUT2D eigenvalue weighted by Gasteiger charge is -2.30. The predicted molar refractivity (Wildman–Crippen MR) is 69.9 cm³/mol. The molecule has 1 saturated heterocycles. The first-order chi connectivity index (χ1) is 7.86. The second-order valence-corrected chi connectivity index (χ2v) is 5.72. The molecule has 16 heavy (non-hydrogen) atoms. The molecule has 0 unspecified atom stereocenters. The van der Waals surface area contributed by atoms with Gasteiger partial charge in [0.05, 0.1) is 5.69 Å². The molecule has 0 spiro atoms. The summed E-state index contributed by atoms with van der Waals surface area (Å²) >= 11 is 2.05. The molecule has 3 rings (SSSR count). The molecular formula is C12H17N3S. The van der Waals surface area contributed by atoms with E-state index in [4.69, 9.17) is 5.73 Å². The van der Waals surface area contributed by atoms with Crippen LogP contribution in [0.1, 0.15) is 19.3 Å². The minimum Gasteiger partial charge on any atom is -0.396 e. The van der Waals surface area contributed by atoms with Crippen LogP contribution in [0.4, 0.5) is 11.5 Å². The van der Waals surface area contributed by atoms with E-state index in [1.807, 2.05) is 30.1 Å². The minimum absolute atomic E-state index is 0.648. The number of aromatic nitrogens is 1. The molecule has 1 aromatic rings. The van der Waals surface area contributed by atoms with Crippen molar-refractivity contribution in [3.8, 4) is 0 Å². The highest BCUT2D eigenvalue weighted by Gasteiger charge is 2.36. The maximum atomic E-state index is 6.04. The topological polar surface area (TPSA) is 42.1 Å². The van der Waals surface area contributed by atoms with Crippen molar-refractivity contribution in [2.75, 3.05) is 22.1 Å². The first kappa shape index (κ1) is 10.3. The van der Waals surface area contributed by atoms with Crippen molar-refractivity contribution in [2.45, 2.75) is 31.3 Å². The van der Waals surface area contributed by atoms with E-state index in [2.05, 4.69) is 9.88 Å². The molecule has 1 atom stereocenters. The first-order valence-corrected chi connectivity index (χ1v) is 7.08. The van der Waals surface area contributed by atoms with Crippen molar-refractivity contribution in [1.29, 1.82) is 0 Å². The van der Waals surface area contributed by atoms with Gasteiger partial charge in [0.1, 0.15) is 0 Å². The zero-order valence-electron chi connectivity index (χ0n) is 9.30. The number of hydrogen-bond donors (Lipinski definition) is 1. The Morgan fingerprint density at radius 2 is 2.19 bits per heavy atom. The maximum absolute atomic E-state index is 6.04. The zero-order chi connectivity index (χ0) is 11.0. The van der Waals surface area contributed by atoms with Gasteiger partial charge in [-0.3, -0.25) is 0 Å². The average molecular weight is 235 g/mol. The number of nitrogen functional groups attached to an aromatic ring is 1. The summed E-state index contributed by atoms with van der Waals surface area (Å²) in [5.41, 5.74) is 6.87. The molecule has 0 bridgehead atoms. The van der Waals surface area contributed by atoms with Gasteiger partial charge in [-0.2, -0.15) is 11.8 Å². The molecule has 2 heterocycles. The molecule has 1 saturated carbocycles. The molecule has 1 aliphatic carbocycles. The highest BCUT2D eigenvalue weighted by atomic mass is 32.2. The van der Waals surface area contributed by atoms with Crippen molar-refractivity contribution in [1.82, 2.24) is 4.98 Å². The summed E-state index contributed by atoms with van der Waals surface area (Å²) < 4.78 is 0. The standard InChI is InChI=1S/C12H17N3S/c13-11-2-1-6-14-12(11)15(9-3-4-9)10-5-7-16-8-10/h1-2,6,9-10H,3-5,7-8,13H2/t10-/m0/s1. The third-order valence-corrected chi connectivity index (χ3v) is 4.45. The second kappa shape index (κ2) is 4.17. The summed E-state index contributed by atoms with van der Waals surface area (Å²) in [4.78, 5) is 6.96. The zero-order valence-corrected chi connectivity index (χ0v) is 10.1. The van der Waals surface area contributed by atoms with Crippen molar-refractivity contribution in [2.24, 2.45) is 0 Å². The molecule has 1 aromatic heterocycles. The van der Waals surface area contributed by atoms with Crippen LogP contribution in [0, 0.1) is 0 Å². The predicted octanol–water partition coefficient (Wildman–Crippen LogP) is 2.14. The van der Waals surface area contributed by atoms with E-state index in [0.29, 0.717) is 12.1 Å². The Labute approximate surface area is 100 Å². The van der Waals surface area contributed by atoms with Crippen LogP contribution in [0.2, 0.25) is 0 Å². The number of rotatable bonds is 3. The van der Waals surface area contributed by atoms with E-state index in [1.165, 1.54) is 30.8 Å². The Morgan fingerprint density at radius 3 is 2.81 bits per heavy atom. The Morgan fingerprint density at radius 1 is 1.31 bits per heavy atom. The van der Waals surface area contributed by atoms with Gasteiger partial charge in [-0.05, 0) is 37.1 Å². The lowest BCUT2D eigenvalue weighted by Crippen LogP contribution is -2.38. The van der Waals surface area contributed by atoms with Crippen LogP contribution >= 0.6 is 11.8 Å². The van der Waals surface area contributed by atoms with Gasteiger partial charge in [0.15, 0.2) is 5.82 Å². The highest BCUT2D eigenvalue weighted by molar-refractivity contribution is 7.99. The van der Waals surface area contributed by atoms with Gasteiger partial charge in [0.2, 0.25) is 0 Å². The first-order valence-electron chi connectivity index (χ1n) is 5.93. The summed E-state index contributed by atoms with van der Waals surface area (Å²) in [5.74, 6) is 3.52. The summed E-state index contributed by atoms with van der Waals surface area (Å²) in [6.45, 7) is 0. The normalized spacial score (nSPS) is 24.6. The number of nitrogens with two attached hydrogens (primary N) is 1. The SMILES string of the molecule is Nc1cccnc1N(C1CC1)[C@H]1CCSC1. The van der Waals surface area contributed by atoms with Crippen molar-refractivity contribution in [3.63, 3.8) is 0 Å². The van der Waals surface area contributed by atoms with E-state index in [0.717, 1.165) is 11.5 Å². The summed E-state index contributed by atoms with van der Waals surface area (Å²) in [6, 6.07) is 5.21.